The van der Waals surface area contributed by atoms with E-state index in [4.69, 9.17) is 18.9 Å². The fourth-order valence-corrected chi connectivity index (χ4v) is 6.55. The molecule has 1 aromatic heterocycles. The van der Waals surface area contributed by atoms with E-state index in [0.29, 0.717) is 59.9 Å². The van der Waals surface area contributed by atoms with E-state index < -0.39 is 18.0 Å². The van der Waals surface area contributed by atoms with E-state index in [0.717, 1.165) is 0 Å². The van der Waals surface area contributed by atoms with Crippen LogP contribution in [0.25, 0.3) is 6.08 Å². The minimum absolute atomic E-state index is 0.204. The number of nitrogens with zero attached hydrogens (tertiary/aromatic N) is 2. The summed E-state index contributed by atoms with van der Waals surface area (Å²) in [6.07, 6.45) is 3.15. The number of carbonyl (C=O) groups is 2. The molecule has 0 bridgehead atoms. The first-order valence-corrected chi connectivity index (χ1v) is 14.8. The molecule has 4 rings (SSSR count). The summed E-state index contributed by atoms with van der Waals surface area (Å²) >= 11 is 8.11. The Morgan fingerprint density at radius 2 is 1.68 bits per heavy atom. The summed E-state index contributed by atoms with van der Waals surface area (Å²) in [5.41, 5.74) is 1.19. The maximum atomic E-state index is 13.8. The lowest BCUT2D eigenvalue weighted by molar-refractivity contribution is -0.143. The van der Waals surface area contributed by atoms with Gasteiger partial charge in [0.25, 0.3) is 5.56 Å². The first kappa shape index (κ1) is 30.5. The van der Waals surface area contributed by atoms with Gasteiger partial charge in [0.1, 0.15) is 5.75 Å². The van der Waals surface area contributed by atoms with Gasteiger partial charge in [0.2, 0.25) is 0 Å². The molecule has 2 heterocycles. The maximum absolute atomic E-state index is 13.8. The number of halogens is 2. The van der Waals surface area contributed by atoms with Crippen LogP contribution in [-0.2, 0) is 19.1 Å². The zero-order chi connectivity index (χ0) is 29.7. The molecule has 2 aromatic carbocycles. The highest BCUT2D eigenvalue weighted by atomic mass is 79.9. The van der Waals surface area contributed by atoms with Gasteiger partial charge in [0, 0.05) is 6.20 Å². The number of rotatable bonds is 10. The largest absolute Gasteiger partial charge is 0.490 e. The predicted octanol–water partition coefficient (Wildman–Crippen LogP) is 3.89. The number of esters is 2. The van der Waals surface area contributed by atoms with Crippen LogP contribution in [0, 0.1) is 0 Å². The minimum Gasteiger partial charge on any atom is -0.490 e. The molecule has 216 valence electrons. The van der Waals surface area contributed by atoms with E-state index in [1.54, 1.807) is 36.4 Å². The topological polar surface area (TPSA) is 115 Å². The number of hydrogen-bond acceptors (Lipinski definition) is 10. The van der Waals surface area contributed by atoms with Crippen LogP contribution in [-0.4, -0.2) is 50.5 Å². The summed E-state index contributed by atoms with van der Waals surface area (Å²) in [6.45, 7) is 4.33. The van der Waals surface area contributed by atoms with Gasteiger partial charge in [0.15, 0.2) is 22.9 Å². The first-order chi connectivity index (χ1) is 19.7. The molecular formula is C28H26Br2N2O8S. The molecular weight excluding hydrogens is 684 g/mol. The number of thiazole rings is 1. The molecule has 0 saturated heterocycles. The molecule has 1 aliphatic rings. The summed E-state index contributed by atoms with van der Waals surface area (Å²) in [7, 11) is 2.56. The van der Waals surface area contributed by atoms with Gasteiger partial charge in [-0.1, -0.05) is 17.4 Å². The normalized spacial score (nSPS) is 14.4. The lowest BCUT2D eigenvalue weighted by atomic mass is 9.97. The lowest BCUT2D eigenvalue weighted by Gasteiger charge is -2.23. The average Bonchev–Trinajstić information content (AvgIpc) is 3.27. The number of benzene rings is 2. The third kappa shape index (κ3) is 6.57. The minimum atomic E-state index is -0.802. The van der Waals surface area contributed by atoms with Crippen LogP contribution in [0.2, 0.25) is 0 Å². The predicted molar refractivity (Wildman–Crippen MR) is 159 cm³/mol. The van der Waals surface area contributed by atoms with Gasteiger partial charge in [-0.15, -0.1) is 0 Å². The molecule has 0 amide bonds. The zero-order valence-electron chi connectivity index (χ0n) is 22.6. The second-order valence-electron chi connectivity index (χ2n) is 8.43. The van der Waals surface area contributed by atoms with Gasteiger partial charge in [-0.2, -0.15) is 0 Å². The zero-order valence-corrected chi connectivity index (χ0v) is 26.6. The molecule has 0 fully saturated rings. The fraction of sp³-hybridized carbons (Fsp3) is 0.286. The molecule has 41 heavy (non-hydrogen) atoms. The fourth-order valence-electron chi connectivity index (χ4n) is 4.13. The van der Waals surface area contributed by atoms with Crippen molar-refractivity contribution in [1.29, 1.82) is 0 Å². The van der Waals surface area contributed by atoms with Gasteiger partial charge in [-0.25, -0.2) is 14.6 Å². The highest BCUT2D eigenvalue weighted by Gasteiger charge is 2.31. The molecule has 1 atom stereocenters. The van der Waals surface area contributed by atoms with Gasteiger partial charge in [0.05, 0.1) is 52.5 Å². The van der Waals surface area contributed by atoms with Crippen molar-refractivity contribution in [2.45, 2.75) is 19.9 Å². The Morgan fingerprint density at radius 3 is 2.32 bits per heavy atom. The second kappa shape index (κ2) is 13.5. The number of methoxy groups -OCH3 is 2. The van der Waals surface area contributed by atoms with Crippen LogP contribution in [0.15, 0.2) is 60.8 Å². The van der Waals surface area contributed by atoms with E-state index in [9.17, 15) is 14.4 Å². The standard InChI is InChI=1S/C28H26Br2N2O8S/c1-5-38-20-8-7-16(12-21(20)39-6-2)24-17(27(35)37-4)13-31-28-32(24)26(34)22(41-28)11-15-9-18(29)25(19(30)10-15)40-14-23(33)36-3/h7-13,24H,5-6,14H2,1-4H3/b22-11-/t24-/m1/s1. The van der Waals surface area contributed by atoms with Crippen molar-refractivity contribution in [1.82, 2.24) is 4.57 Å². The third-order valence-electron chi connectivity index (χ3n) is 5.89. The lowest BCUT2D eigenvalue weighted by Crippen LogP contribution is -2.39. The van der Waals surface area contributed by atoms with Crippen LogP contribution in [0.4, 0.5) is 0 Å². The van der Waals surface area contributed by atoms with Gasteiger partial charge < -0.3 is 23.7 Å². The van der Waals surface area contributed by atoms with E-state index in [1.807, 2.05) is 13.8 Å². The summed E-state index contributed by atoms with van der Waals surface area (Å²) in [6, 6.07) is 8.02. The molecule has 1 aliphatic heterocycles. The number of carbonyl (C=O) groups excluding carboxylic acids is 2. The summed E-state index contributed by atoms with van der Waals surface area (Å²) in [5, 5.41) is 0. The number of aromatic nitrogens is 1. The van der Waals surface area contributed by atoms with Crippen molar-refractivity contribution in [3.8, 4) is 17.2 Å². The quantitative estimate of drug-likeness (QED) is 0.292. The van der Waals surface area contributed by atoms with Crippen molar-refractivity contribution >= 4 is 61.2 Å². The van der Waals surface area contributed by atoms with Crippen LogP contribution in [0.1, 0.15) is 31.0 Å². The average molecular weight is 710 g/mol. The molecule has 0 aliphatic carbocycles. The second-order valence-corrected chi connectivity index (χ2v) is 11.1. The molecule has 0 radical (unpaired) electrons. The first-order valence-electron chi connectivity index (χ1n) is 12.4. The van der Waals surface area contributed by atoms with E-state index in [-0.39, 0.29) is 17.7 Å². The monoisotopic (exact) mass is 708 g/mol. The Morgan fingerprint density at radius 1 is 1.00 bits per heavy atom. The van der Waals surface area contributed by atoms with Gasteiger partial charge in [-0.05, 0) is 87.2 Å². The summed E-state index contributed by atoms with van der Waals surface area (Å²) in [4.78, 5) is 42.9. The van der Waals surface area contributed by atoms with Crippen molar-refractivity contribution in [3.63, 3.8) is 0 Å². The molecule has 0 spiro atoms. The Kier molecular flexibility index (Phi) is 10.1. The van der Waals surface area contributed by atoms with Crippen LogP contribution < -0.4 is 29.1 Å². The number of ether oxygens (including phenoxy) is 5. The van der Waals surface area contributed by atoms with Crippen molar-refractivity contribution in [2.24, 2.45) is 4.99 Å². The molecule has 0 saturated carbocycles. The molecule has 0 N–H and O–H groups in total. The van der Waals surface area contributed by atoms with E-state index in [1.165, 1.54) is 36.3 Å². The van der Waals surface area contributed by atoms with Crippen molar-refractivity contribution in [3.05, 3.63) is 81.9 Å². The van der Waals surface area contributed by atoms with Gasteiger partial charge >= 0.3 is 11.9 Å². The highest BCUT2D eigenvalue weighted by Crippen LogP contribution is 2.36. The van der Waals surface area contributed by atoms with E-state index >= 15 is 0 Å². The van der Waals surface area contributed by atoms with Crippen LogP contribution in [0.5, 0.6) is 17.2 Å². The molecule has 13 heteroatoms. The van der Waals surface area contributed by atoms with E-state index in [2.05, 4.69) is 41.6 Å². The van der Waals surface area contributed by atoms with Crippen LogP contribution in [0.3, 0.4) is 0 Å². The molecule has 10 nitrogen and oxygen atoms in total. The Balaban J connectivity index is 1.82. The maximum Gasteiger partial charge on any atom is 0.343 e. The van der Waals surface area contributed by atoms with Crippen LogP contribution >= 0.6 is 43.2 Å². The highest BCUT2D eigenvalue weighted by molar-refractivity contribution is 9.11. The number of fused-ring (bicyclic) bond motifs is 1. The Bertz CT molecular complexity index is 1670. The Labute approximate surface area is 256 Å². The smallest absolute Gasteiger partial charge is 0.343 e. The SMILES string of the molecule is CCOc1ccc([C@@H]2C(C(=O)OC)=CN=c3s/c(=C\c4cc(Br)c(OCC(=O)OC)c(Br)c4)c(=O)n32)cc1OCC. The van der Waals surface area contributed by atoms with Crippen molar-refractivity contribution in [2.75, 3.05) is 34.0 Å². The molecule has 0 unspecified atom stereocenters. The number of hydrogen-bond donors (Lipinski definition) is 0. The molecule has 3 aromatic rings. The van der Waals surface area contributed by atoms with Crippen molar-refractivity contribution < 1.29 is 33.3 Å². The van der Waals surface area contributed by atoms with Gasteiger partial charge in [-0.3, -0.25) is 9.36 Å². The summed E-state index contributed by atoms with van der Waals surface area (Å²) < 4.78 is 29.7. The Hall–Kier alpha value is -3.42. The third-order valence-corrected chi connectivity index (χ3v) is 8.06. The summed E-state index contributed by atoms with van der Waals surface area (Å²) in [5.74, 6) is 0.354.